The first kappa shape index (κ1) is 17.1. The summed E-state index contributed by atoms with van der Waals surface area (Å²) in [5.41, 5.74) is 2.68. The molecular formula is C21H17FN4O. The van der Waals surface area contributed by atoms with Crippen LogP contribution in [-0.2, 0) is 6.42 Å². The summed E-state index contributed by atoms with van der Waals surface area (Å²) in [5.74, 6) is 0.288. The van der Waals surface area contributed by atoms with Crippen molar-refractivity contribution in [3.63, 3.8) is 0 Å². The van der Waals surface area contributed by atoms with Gasteiger partial charge in [0.2, 0.25) is 0 Å². The number of benzene rings is 1. The number of hydrogen-bond donors (Lipinski definition) is 0. The predicted octanol–water partition coefficient (Wildman–Crippen LogP) is 4.10. The van der Waals surface area contributed by atoms with Gasteiger partial charge in [0, 0.05) is 23.7 Å². The monoisotopic (exact) mass is 360 g/mol. The Morgan fingerprint density at radius 2 is 2.04 bits per heavy atom. The molecule has 5 nitrogen and oxygen atoms in total. The molecule has 0 radical (unpaired) electrons. The zero-order valence-electron chi connectivity index (χ0n) is 15.0. The van der Waals surface area contributed by atoms with E-state index in [1.165, 1.54) is 12.1 Å². The number of rotatable bonds is 2. The van der Waals surface area contributed by atoms with Gasteiger partial charge in [-0.3, -0.25) is 9.36 Å². The molecule has 0 amide bonds. The summed E-state index contributed by atoms with van der Waals surface area (Å²) in [7, 11) is 0. The molecule has 2 heterocycles. The number of Topliss-reactive ketones (excluding diaryl/α,β-unsaturated/α-hetero) is 1. The topological polar surface area (TPSA) is 71.6 Å². The third kappa shape index (κ3) is 3.24. The minimum atomic E-state index is -0.480. The Morgan fingerprint density at radius 3 is 2.81 bits per heavy atom. The number of ketones is 1. The van der Waals surface area contributed by atoms with Crippen molar-refractivity contribution in [1.29, 1.82) is 5.26 Å². The third-order valence-corrected chi connectivity index (χ3v) is 4.71. The highest BCUT2D eigenvalue weighted by atomic mass is 19.1. The van der Waals surface area contributed by atoms with Gasteiger partial charge in [0.15, 0.2) is 5.78 Å². The van der Waals surface area contributed by atoms with Crippen LogP contribution in [-0.4, -0.2) is 20.3 Å². The van der Waals surface area contributed by atoms with E-state index in [-0.39, 0.29) is 16.8 Å². The molecule has 2 aromatic heterocycles. The van der Waals surface area contributed by atoms with Crippen LogP contribution in [0.25, 0.3) is 17.1 Å². The molecule has 0 atom stereocenters. The van der Waals surface area contributed by atoms with Crippen molar-refractivity contribution < 1.29 is 9.18 Å². The Morgan fingerprint density at radius 1 is 1.22 bits per heavy atom. The maximum Gasteiger partial charge on any atom is 0.165 e. The Bertz CT molecular complexity index is 1110. The molecule has 27 heavy (non-hydrogen) atoms. The van der Waals surface area contributed by atoms with Gasteiger partial charge in [0.1, 0.15) is 18.0 Å². The van der Waals surface area contributed by atoms with Crippen LogP contribution >= 0.6 is 0 Å². The second-order valence-electron chi connectivity index (χ2n) is 7.61. The highest BCUT2D eigenvalue weighted by Crippen LogP contribution is 2.34. The zero-order chi connectivity index (χ0) is 19.2. The summed E-state index contributed by atoms with van der Waals surface area (Å²) in [6, 6.07) is 9.66. The second kappa shape index (κ2) is 6.13. The molecule has 0 aliphatic heterocycles. The smallest absolute Gasteiger partial charge is 0.165 e. The molecule has 0 saturated carbocycles. The summed E-state index contributed by atoms with van der Waals surface area (Å²) in [5, 5.41) is 9.01. The van der Waals surface area contributed by atoms with Gasteiger partial charge in [-0.25, -0.2) is 14.4 Å². The van der Waals surface area contributed by atoms with E-state index in [0.29, 0.717) is 29.1 Å². The number of fused-ring (bicyclic) bond motifs is 1. The van der Waals surface area contributed by atoms with Gasteiger partial charge in [-0.2, -0.15) is 5.26 Å². The first-order valence-corrected chi connectivity index (χ1v) is 8.63. The van der Waals surface area contributed by atoms with Gasteiger partial charge in [0.25, 0.3) is 0 Å². The van der Waals surface area contributed by atoms with Gasteiger partial charge in [-0.1, -0.05) is 13.8 Å². The summed E-state index contributed by atoms with van der Waals surface area (Å²) in [4.78, 5) is 21.3. The molecule has 1 aliphatic carbocycles. The van der Waals surface area contributed by atoms with Crippen LogP contribution in [0.2, 0.25) is 0 Å². The lowest BCUT2D eigenvalue weighted by molar-refractivity contribution is 0.0910. The van der Waals surface area contributed by atoms with Crippen molar-refractivity contribution >= 4 is 5.78 Å². The minimum Gasteiger partial charge on any atom is -0.294 e. The van der Waals surface area contributed by atoms with Crippen molar-refractivity contribution in [2.75, 3.05) is 0 Å². The van der Waals surface area contributed by atoms with E-state index in [9.17, 15) is 9.18 Å². The van der Waals surface area contributed by atoms with Gasteiger partial charge in [0.05, 0.1) is 23.0 Å². The average molecular weight is 360 g/mol. The van der Waals surface area contributed by atoms with Gasteiger partial charge in [-0.15, -0.1) is 0 Å². The molecule has 0 fully saturated rings. The first-order valence-electron chi connectivity index (χ1n) is 8.63. The van der Waals surface area contributed by atoms with E-state index in [1.54, 1.807) is 29.2 Å². The molecule has 1 aromatic carbocycles. The Kier molecular flexibility index (Phi) is 3.88. The fraction of sp³-hybridized carbons (Fsp3) is 0.238. The Balaban J connectivity index is 1.72. The van der Waals surface area contributed by atoms with Crippen LogP contribution < -0.4 is 0 Å². The van der Waals surface area contributed by atoms with E-state index in [4.69, 9.17) is 5.26 Å². The van der Waals surface area contributed by atoms with Crippen LogP contribution in [0.5, 0.6) is 0 Å². The number of carbonyl (C=O) groups is 1. The van der Waals surface area contributed by atoms with Gasteiger partial charge in [-0.05, 0) is 42.2 Å². The molecule has 134 valence electrons. The van der Waals surface area contributed by atoms with Crippen LogP contribution in [0, 0.1) is 22.6 Å². The SMILES string of the molecule is CC1(C)CC(=O)c2ccc(-n3cnc(-c4cc(F)cc(C#N)c4)c3)nc2C1. The molecule has 0 unspecified atom stereocenters. The Hall–Kier alpha value is -3.33. The number of halogens is 1. The predicted molar refractivity (Wildman–Crippen MR) is 97.9 cm³/mol. The molecule has 3 aromatic rings. The molecular weight excluding hydrogens is 343 g/mol. The molecule has 0 N–H and O–H groups in total. The van der Waals surface area contributed by atoms with Crippen LogP contribution in [0.4, 0.5) is 4.39 Å². The molecule has 0 bridgehead atoms. The normalized spacial score (nSPS) is 15.3. The van der Waals surface area contributed by atoms with Crippen molar-refractivity contribution in [3.05, 3.63) is 65.5 Å². The largest absolute Gasteiger partial charge is 0.294 e. The van der Waals surface area contributed by atoms with E-state index in [1.807, 2.05) is 12.1 Å². The zero-order valence-corrected chi connectivity index (χ0v) is 15.0. The summed E-state index contributed by atoms with van der Waals surface area (Å²) in [6.07, 6.45) is 4.59. The fourth-order valence-electron chi connectivity index (χ4n) is 3.47. The van der Waals surface area contributed by atoms with Crippen molar-refractivity contribution in [2.45, 2.75) is 26.7 Å². The lowest BCUT2D eigenvalue weighted by Gasteiger charge is -2.29. The Labute approximate surface area is 156 Å². The standard InChI is InChI=1S/C21H17FN4O/c1-21(2)8-17-16(19(27)9-21)3-4-20(25-17)26-11-18(24-12-26)14-5-13(10-23)6-15(22)7-14/h3-7,11-12H,8-9H2,1-2H3. The van der Waals surface area contributed by atoms with E-state index < -0.39 is 5.82 Å². The number of aromatic nitrogens is 3. The summed E-state index contributed by atoms with van der Waals surface area (Å²) in [6.45, 7) is 4.13. The molecule has 0 saturated heterocycles. The van der Waals surface area contributed by atoms with Crippen molar-refractivity contribution in [1.82, 2.24) is 14.5 Å². The molecule has 4 rings (SSSR count). The highest BCUT2D eigenvalue weighted by Gasteiger charge is 2.32. The fourth-order valence-corrected chi connectivity index (χ4v) is 3.47. The van der Waals surface area contributed by atoms with Crippen molar-refractivity contribution in [3.8, 4) is 23.1 Å². The summed E-state index contributed by atoms with van der Waals surface area (Å²) >= 11 is 0. The molecule has 0 spiro atoms. The maximum atomic E-state index is 13.7. The molecule has 1 aliphatic rings. The third-order valence-electron chi connectivity index (χ3n) is 4.71. The lowest BCUT2D eigenvalue weighted by atomic mass is 9.76. The highest BCUT2D eigenvalue weighted by molar-refractivity contribution is 5.98. The number of hydrogen-bond acceptors (Lipinski definition) is 4. The second-order valence-corrected chi connectivity index (χ2v) is 7.61. The number of nitriles is 1. The molecule has 6 heteroatoms. The number of carbonyl (C=O) groups excluding carboxylic acids is 1. The first-order chi connectivity index (χ1) is 12.8. The number of nitrogens with zero attached hydrogens (tertiary/aromatic N) is 4. The van der Waals surface area contributed by atoms with Crippen molar-refractivity contribution in [2.24, 2.45) is 5.41 Å². The number of pyridine rings is 1. The maximum absolute atomic E-state index is 13.7. The van der Waals surface area contributed by atoms with Crippen LogP contribution in [0.1, 0.15) is 41.9 Å². The number of imidazole rings is 1. The quantitative estimate of drug-likeness (QED) is 0.690. The van der Waals surface area contributed by atoms with Crippen LogP contribution in [0.3, 0.4) is 0 Å². The van der Waals surface area contributed by atoms with E-state index in [2.05, 4.69) is 23.8 Å². The average Bonchev–Trinajstić information content (AvgIpc) is 3.09. The van der Waals surface area contributed by atoms with E-state index >= 15 is 0 Å². The minimum absolute atomic E-state index is 0.106. The van der Waals surface area contributed by atoms with Gasteiger partial charge >= 0.3 is 0 Å². The van der Waals surface area contributed by atoms with Gasteiger partial charge < -0.3 is 0 Å². The summed E-state index contributed by atoms with van der Waals surface area (Å²) < 4.78 is 15.4. The van der Waals surface area contributed by atoms with Crippen LogP contribution in [0.15, 0.2) is 42.9 Å². The lowest BCUT2D eigenvalue weighted by Crippen LogP contribution is -2.28. The van der Waals surface area contributed by atoms with E-state index in [0.717, 1.165) is 12.1 Å².